The number of hydrogen-bond acceptors (Lipinski definition) is 4. The van der Waals surface area contributed by atoms with Crippen LogP contribution in [0.3, 0.4) is 0 Å². The molecule has 0 bridgehead atoms. The Labute approximate surface area is 142 Å². The number of nitrogens with zero attached hydrogens (tertiary/aromatic N) is 2. The lowest BCUT2D eigenvalue weighted by molar-refractivity contribution is 0.355. The summed E-state index contributed by atoms with van der Waals surface area (Å²) in [6, 6.07) is 11.0. The quantitative estimate of drug-likeness (QED) is 0.929. The topological polar surface area (TPSA) is 28.2 Å². The van der Waals surface area contributed by atoms with Crippen LogP contribution in [-0.2, 0) is 5.41 Å². The molecule has 2 aliphatic heterocycles. The van der Waals surface area contributed by atoms with Gasteiger partial charge in [0.25, 0.3) is 0 Å². The summed E-state index contributed by atoms with van der Waals surface area (Å²) in [5, 5.41) is 7.07. The van der Waals surface area contributed by atoms with Gasteiger partial charge in [0.05, 0.1) is 5.69 Å². The highest BCUT2D eigenvalue weighted by Crippen LogP contribution is 2.41. The molecule has 0 amide bonds. The van der Waals surface area contributed by atoms with Gasteiger partial charge >= 0.3 is 0 Å². The van der Waals surface area contributed by atoms with Gasteiger partial charge in [0.2, 0.25) is 0 Å². The molecular formula is C19H25N3S. The number of benzene rings is 1. The molecule has 122 valence electrons. The van der Waals surface area contributed by atoms with Crippen molar-refractivity contribution >= 4 is 16.5 Å². The van der Waals surface area contributed by atoms with Crippen LogP contribution in [0, 0.1) is 0 Å². The third kappa shape index (κ3) is 2.90. The molecule has 1 aromatic heterocycles. The highest BCUT2D eigenvalue weighted by atomic mass is 32.1. The van der Waals surface area contributed by atoms with Gasteiger partial charge in [0.1, 0.15) is 0 Å². The number of aromatic nitrogens is 1. The molecule has 3 nitrogen and oxygen atoms in total. The smallest absolute Gasteiger partial charge is 0.185 e. The summed E-state index contributed by atoms with van der Waals surface area (Å²) >= 11 is 1.84. The van der Waals surface area contributed by atoms with E-state index in [4.69, 9.17) is 4.98 Å². The lowest BCUT2D eigenvalue weighted by Gasteiger charge is -2.37. The van der Waals surface area contributed by atoms with Crippen molar-refractivity contribution in [3.05, 3.63) is 47.0 Å². The minimum Gasteiger partial charge on any atom is -0.348 e. The van der Waals surface area contributed by atoms with Gasteiger partial charge in [-0.25, -0.2) is 4.98 Å². The first-order valence-electron chi connectivity index (χ1n) is 8.86. The first-order chi connectivity index (χ1) is 11.4. The second-order valence-electron chi connectivity index (χ2n) is 6.76. The molecule has 0 saturated carbocycles. The highest BCUT2D eigenvalue weighted by molar-refractivity contribution is 7.13. The molecule has 2 fully saturated rings. The van der Waals surface area contributed by atoms with Crippen LogP contribution in [0.25, 0.3) is 0 Å². The van der Waals surface area contributed by atoms with E-state index >= 15 is 0 Å². The van der Waals surface area contributed by atoms with Crippen LogP contribution in [0.4, 0.5) is 5.13 Å². The van der Waals surface area contributed by atoms with Crippen molar-refractivity contribution < 1.29 is 0 Å². The van der Waals surface area contributed by atoms with Gasteiger partial charge in [-0.15, -0.1) is 11.3 Å². The third-order valence-corrected chi connectivity index (χ3v) is 6.29. The number of thiazole rings is 1. The van der Waals surface area contributed by atoms with E-state index < -0.39 is 0 Å². The van der Waals surface area contributed by atoms with E-state index in [1.807, 2.05) is 11.3 Å². The Hall–Kier alpha value is -1.39. The van der Waals surface area contributed by atoms with E-state index in [0.717, 1.165) is 25.9 Å². The van der Waals surface area contributed by atoms with Crippen LogP contribution >= 0.6 is 11.3 Å². The van der Waals surface area contributed by atoms with Crippen LogP contribution in [0.15, 0.2) is 35.7 Å². The molecule has 2 aliphatic rings. The van der Waals surface area contributed by atoms with Crippen LogP contribution in [0.5, 0.6) is 0 Å². The Balaban J connectivity index is 1.68. The number of nitrogens with one attached hydrogen (secondary N) is 1. The molecular weight excluding hydrogens is 302 g/mol. The fourth-order valence-corrected chi connectivity index (χ4v) is 5.00. The monoisotopic (exact) mass is 327 g/mol. The van der Waals surface area contributed by atoms with Gasteiger partial charge in [-0.2, -0.15) is 0 Å². The maximum Gasteiger partial charge on any atom is 0.185 e. The van der Waals surface area contributed by atoms with Crippen LogP contribution in [-0.4, -0.2) is 31.2 Å². The molecule has 0 spiro atoms. The van der Waals surface area contributed by atoms with Crippen LogP contribution in [0.1, 0.15) is 43.4 Å². The molecule has 2 aromatic rings. The van der Waals surface area contributed by atoms with E-state index in [0.29, 0.717) is 0 Å². The molecule has 1 aromatic carbocycles. The van der Waals surface area contributed by atoms with Crippen LogP contribution < -0.4 is 10.2 Å². The Morgan fingerprint density at radius 2 is 1.74 bits per heavy atom. The van der Waals surface area contributed by atoms with Gasteiger partial charge in [0, 0.05) is 23.9 Å². The molecule has 0 atom stereocenters. The molecule has 0 unspecified atom stereocenters. The minimum absolute atomic E-state index is 0.0943. The summed E-state index contributed by atoms with van der Waals surface area (Å²) in [5.41, 5.74) is 2.81. The van der Waals surface area contributed by atoms with E-state index in [1.54, 1.807) is 0 Å². The fraction of sp³-hybridized carbons (Fsp3) is 0.526. The standard InChI is InChI=1S/C19H25N3S/c1-3-7-16(8-4-1)19(9-11-20-12-10-19)17-15-23-18(21-17)22-13-5-2-6-14-22/h1,3-4,7-8,15,20H,2,5-6,9-14H2. The maximum absolute atomic E-state index is 5.12. The van der Waals surface area contributed by atoms with Gasteiger partial charge in [-0.05, 0) is 50.8 Å². The Bertz CT molecular complexity index is 625. The molecule has 23 heavy (non-hydrogen) atoms. The Morgan fingerprint density at radius 3 is 2.48 bits per heavy atom. The number of piperidine rings is 2. The lowest BCUT2D eigenvalue weighted by Crippen LogP contribution is -2.41. The van der Waals surface area contributed by atoms with Crippen molar-refractivity contribution in [2.75, 3.05) is 31.1 Å². The first-order valence-corrected chi connectivity index (χ1v) is 9.74. The minimum atomic E-state index is 0.0943. The third-order valence-electron chi connectivity index (χ3n) is 5.39. The van der Waals surface area contributed by atoms with Crippen molar-refractivity contribution in [2.45, 2.75) is 37.5 Å². The van der Waals surface area contributed by atoms with Crippen molar-refractivity contribution in [1.82, 2.24) is 10.3 Å². The van der Waals surface area contributed by atoms with E-state index in [2.05, 4.69) is 45.9 Å². The molecule has 4 rings (SSSR count). The van der Waals surface area contributed by atoms with Gasteiger partial charge in [-0.3, -0.25) is 0 Å². The lowest BCUT2D eigenvalue weighted by atomic mass is 9.71. The average molecular weight is 327 g/mol. The molecule has 3 heterocycles. The van der Waals surface area contributed by atoms with Crippen molar-refractivity contribution in [3.63, 3.8) is 0 Å². The molecule has 0 aliphatic carbocycles. The normalized spacial score (nSPS) is 21.3. The average Bonchev–Trinajstić information content (AvgIpc) is 3.14. The van der Waals surface area contributed by atoms with Crippen molar-refractivity contribution in [2.24, 2.45) is 0 Å². The summed E-state index contributed by atoms with van der Waals surface area (Å²) in [6.45, 7) is 4.50. The van der Waals surface area contributed by atoms with E-state index in [-0.39, 0.29) is 5.41 Å². The zero-order valence-electron chi connectivity index (χ0n) is 13.6. The summed E-state index contributed by atoms with van der Waals surface area (Å²) < 4.78 is 0. The fourth-order valence-electron chi connectivity index (χ4n) is 4.02. The first kappa shape index (κ1) is 15.2. The Morgan fingerprint density at radius 1 is 1.00 bits per heavy atom. The SMILES string of the molecule is c1ccc(C2(c3csc(N4CCCCC4)n3)CCNCC2)cc1. The second kappa shape index (κ2) is 6.62. The number of anilines is 1. The largest absolute Gasteiger partial charge is 0.348 e. The number of rotatable bonds is 3. The summed E-state index contributed by atoms with van der Waals surface area (Å²) in [7, 11) is 0. The van der Waals surface area contributed by atoms with Gasteiger partial charge < -0.3 is 10.2 Å². The molecule has 4 heteroatoms. The summed E-state index contributed by atoms with van der Waals surface area (Å²) in [5.74, 6) is 0. The van der Waals surface area contributed by atoms with Crippen molar-refractivity contribution in [1.29, 1.82) is 0 Å². The molecule has 1 N–H and O–H groups in total. The van der Waals surface area contributed by atoms with Crippen molar-refractivity contribution in [3.8, 4) is 0 Å². The molecule has 0 radical (unpaired) electrons. The highest BCUT2D eigenvalue weighted by Gasteiger charge is 2.38. The maximum atomic E-state index is 5.12. The van der Waals surface area contributed by atoms with E-state index in [1.165, 1.54) is 48.7 Å². The van der Waals surface area contributed by atoms with Gasteiger partial charge in [0.15, 0.2) is 5.13 Å². The summed E-state index contributed by atoms with van der Waals surface area (Å²) in [4.78, 5) is 7.61. The zero-order chi connectivity index (χ0) is 15.5. The van der Waals surface area contributed by atoms with Gasteiger partial charge in [-0.1, -0.05) is 30.3 Å². The Kier molecular flexibility index (Phi) is 4.36. The van der Waals surface area contributed by atoms with Crippen LogP contribution in [0.2, 0.25) is 0 Å². The summed E-state index contributed by atoms with van der Waals surface area (Å²) in [6.07, 6.45) is 6.26. The predicted molar refractivity (Wildman–Crippen MR) is 97.5 cm³/mol. The second-order valence-corrected chi connectivity index (χ2v) is 7.60. The molecule has 2 saturated heterocycles. The van der Waals surface area contributed by atoms with E-state index in [9.17, 15) is 0 Å². The zero-order valence-corrected chi connectivity index (χ0v) is 14.4. The number of hydrogen-bond donors (Lipinski definition) is 1. The predicted octanol–water partition coefficient (Wildman–Crippen LogP) is 3.80.